The van der Waals surface area contributed by atoms with Gasteiger partial charge in [0, 0.05) is 14.2 Å². The molecule has 0 aliphatic heterocycles. The third-order valence-electron chi connectivity index (χ3n) is 1.37. The van der Waals surface area contributed by atoms with Crippen LogP contribution >= 0.6 is 0 Å². The Labute approximate surface area is 101 Å². The molecule has 0 saturated heterocycles. The fourth-order valence-corrected chi connectivity index (χ4v) is 0.192. The molecule has 0 rings (SSSR count). The number of aliphatic carboxylic acids is 2. The fraction of sp³-hybridized carbons (Fsp3) is 0.750. The maximum atomic E-state index is 9.69. The maximum Gasteiger partial charge on any atom is 2.00 e. The third-order valence-corrected chi connectivity index (χ3v) is 1.37. The van der Waals surface area contributed by atoms with Gasteiger partial charge in [-0.3, -0.25) is 0 Å². The zero-order valence-corrected chi connectivity index (χ0v) is 12.3. The molecule has 84 valence electrons. The summed E-state index contributed by atoms with van der Waals surface area (Å²) in [5.74, 6) is -2.36. The summed E-state index contributed by atoms with van der Waals surface area (Å²) in [6, 6.07) is 0. The quantitative estimate of drug-likeness (QED) is 0.526. The van der Waals surface area contributed by atoms with Crippen molar-refractivity contribution >= 4 is 11.9 Å². The second-order valence-electron chi connectivity index (χ2n) is 2.39. The molecule has 0 amide bonds. The summed E-state index contributed by atoms with van der Waals surface area (Å²) in [6.45, 7) is 2.82. The number of carbonyl (C=O) groups excluding carboxylic acids is 2. The number of hydrogen-bond acceptors (Lipinski definition) is 6. The molecule has 2 unspecified atom stereocenters. The Balaban J connectivity index is -0.000000180. The molecular weight excluding hydrogens is 257 g/mol. The van der Waals surface area contributed by atoms with Crippen molar-refractivity contribution in [1.82, 2.24) is 0 Å². The summed E-state index contributed by atoms with van der Waals surface area (Å²) in [6.07, 6.45) is -1.58. The predicted molar refractivity (Wildman–Crippen MR) is 43.0 cm³/mol. The van der Waals surface area contributed by atoms with Crippen LogP contribution in [-0.2, 0) is 38.5 Å². The van der Waals surface area contributed by atoms with Gasteiger partial charge in [-0.05, 0) is 13.8 Å². The molecule has 0 N–H and O–H groups in total. The molecule has 6 nitrogen and oxygen atoms in total. The number of carbonyl (C=O) groups is 2. The molecule has 0 spiro atoms. The topological polar surface area (TPSA) is 98.7 Å². The van der Waals surface area contributed by atoms with Crippen LogP contribution in [0.25, 0.3) is 0 Å². The molecule has 0 aliphatic carbocycles. The van der Waals surface area contributed by atoms with E-state index < -0.39 is 24.1 Å². The van der Waals surface area contributed by atoms with Crippen molar-refractivity contribution in [2.24, 2.45) is 0 Å². The van der Waals surface area contributed by atoms with Crippen LogP contribution < -0.4 is 10.2 Å². The van der Waals surface area contributed by atoms with Crippen LogP contribution in [0, 0.1) is 0 Å². The molecule has 2 atom stereocenters. The first kappa shape index (κ1) is 20.0. The second kappa shape index (κ2) is 11.6. The van der Waals surface area contributed by atoms with E-state index >= 15 is 0 Å². The standard InChI is InChI=1S/2C4H8O3.Zn/c2*1-3(7-2)4(5)6;/h2*3H,1-2H3,(H,5,6);/q;;+2/p-2. The normalized spacial score (nSPS) is 12.5. The van der Waals surface area contributed by atoms with Gasteiger partial charge >= 0.3 is 19.5 Å². The first-order valence-electron chi connectivity index (χ1n) is 3.84. The van der Waals surface area contributed by atoms with Crippen LogP contribution in [0.2, 0.25) is 0 Å². The van der Waals surface area contributed by atoms with Crippen LogP contribution in [0.5, 0.6) is 0 Å². The van der Waals surface area contributed by atoms with Gasteiger partial charge in [0.15, 0.2) is 0 Å². The summed E-state index contributed by atoms with van der Waals surface area (Å²) in [4.78, 5) is 19.4. The van der Waals surface area contributed by atoms with Gasteiger partial charge in [-0.2, -0.15) is 0 Å². The van der Waals surface area contributed by atoms with Gasteiger partial charge in [-0.1, -0.05) is 0 Å². The van der Waals surface area contributed by atoms with Gasteiger partial charge in [0.2, 0.25) is 0 Å². The van der Waals surface area contributed by atoms with E-state index in [0.29, 0.717) is 0 Å². The Morgan fingerprint density at radius 2 is 1.13 bits per heavy atom. The Morgan fingerprint density at radius 3 is 1.13 bits per heavy atom. The van der Waals surface area contributed by atoms with Gasteiger partial charge in [0.25, 0.3) is 0 Å². The Morgan fingerprint density at radius 1 is 0.933 bits per heavy atom. The monoisotopic (exact) mass is 270 g/mol. The van der Waals surface area contributed by atoms with Gasteiger partial charge in [-0.15, -0.1) is 0 Å². The molecular formula is C8H14O6Zn. The number of rotatable bonds is 4. The molecule has 15 heavy (non-hydrogen) atoms. The number of hydrogen-bond donors (Lipinski definition) is 0. The van der Waals surface area contributed by atoms with E-state index in [9.17, 15) is 19.8 Å². The Bertz CT molecular complexity index is 164. The van der Waals surface area contributed by atoms with Gasteiger partial charge in [0.1, 0.15) is 0 Å². The average Bonchev–Trinajstić information content (AvgIpc) is 2.15. The molecule has 0 fully saturated rings. The minimum absolute atomic E-state index is 0. The molecule has 0 aromatic heterocycles. The summed E-state index contributed by atoms with van der Waals surface area (Å²) < 4.78 is 8.70. The van der Waals surface area contributed by atoms with Crippen molar-refractivity contribution in [3.05, 3.63) is 0 Å². The summed E-state index contributed by atoms with van der Waals surface area (Å²) >= 11 is 0. The van der Waals surface area contributed by atoms with Crippen molar-refractivity contribution in [2.45, 2.75) is 26.1 Å². The van der Waals surface area contributed by atoms with Crippen LogP contribution in [-0.4, -0.2) is 38.4 Å². The van der Waals surface area contributed by atoms with Crippen molar-refractivity contribution in [1.29, 1.82) is 0 Å². The van der Waals surface area contributed by atoms with E-state index in [0.717, 1.165) is 0 Å². The molecule has 0 aromatic rings. The van der Waals surface area contributed by atoms with E-state index in [-0.39, 0.29) is 19.5 Å². The maximum absolute atomic E-state index is 9.69. The Hall–Kier alpha value is -0.517. The van der Waals surface area contributed by atoms with Gasteiger partial charge < -0.3 is 29.3 Å². The zero-order chi connectivity index (χ0) is 11.7. The van der Waals surface area contributed by atoms with Crippen molar-refractivity contribution in [2.75, 3.05) is 14.2 Å². The van der Waals surface area contributed by atoms with Gasteiger partial charge in [0.05, 0.1) is 24.1 Å². The Kier molecular flexibility index (Phi) is 15.4. The molecule has 0 heterocycles. The van der Waals surface area contributed by atoms with Crippen LogP contribution in [0.1, 0.15) is 13.8 Å². The van der Waals surface area contributed by atoms with Crippen LogP contribution in [0.3, 0.4) is 0 Å². The summed E-state index contributed by atoms with van der Waals surface area (Å²) in [5.41, 5.74) is 0. The third kappa shape index (κ3) is 13.5. The van der Waals surface area contributed by atoms with Crippen LogP contribution in [0.4, 0.5) is 0 Å². The van der Waals surface area contributed by atoms with Crippen LogP contribution in [0.15, 0.2) is 0 Å². The first-order chi connectivity index (χ1) is 6.36. The second-order valence-corrected chi connectivity index (χ2v) is 2.39. The SMILES string of the molecule is COC(C)C(=O)[O-].COC(C)C(=O)[O-].[Zn+2]. The molecule has 7 heteroatoms. The summed E-state index contributed by atoms with van der Waals surface area (Å²) in [5, 5.41) is 19.4. The van der Waals surface area contributed by atoms with E-state index in [2.05, 4.69) is 9.47 Å². The molecule has 0 aliphatic rings. The summed E-state index contributed by atoms with van der Waals surface area (Å²) in [7, 11) is 2.64. The van der Waals surface area contributed by atoms with E-state index in [1.165, 1.54) is 28.1 Å². The zero-order valence-electron chi connectivity index (χ0n) is 9.31. The average molecular weight is 272 g/mol. The number of ether oxygens (including phenoxy) is 2. The van der Waals surface area contributed by atoms with E-state index in [4.69, 9.17) is 0 Å². The van der Waals surface area contributed by atoms with Crippen molar-refractivity contribution < 1.29 is 48.8 Å². The molecule has 0 aromatic carbocycles. The minimum Gasteiger partial charge on any atom is -0.547 e. The number of methoxy groups -OCH3 is 2. The van der Waals surface area contributed by atoms with Gasteiger partial charge in [-0.25, -0.2) is 0 Å². The van der Waals surface area contributed by atoms with E-state index in [1.807, 2.05) is 0 Å². The number of carboxylic acids is 2. The molecule has 0 radical (unpaired) electrons. The largest absolute Gasteiger partial charge is 2.00 e. The molecule has 0 bridgehead atoms. The number of carboxylic acid groups (broad SMARTS) is 2. The minimum atomic E-state index is -1.18. The predicted octanol–water partition coefficient (Wildman–Crippen LogP) is -2.46. The first-order valence-corrected chi connectivity index (χ1v) is 3.84. The molecule has 0 saturated carbocycles. The fourth-order valence-electron chi connectivity index (χ4n) is 0.192. The van der Waals surface area contributed by atoms with Crippen molar-refractivity contribution in [3.63, 3.8) is 0 Å². The van der Waals surface area contributed by atoms with E-state index in [1.54, 1.807) is 0 Å². The smallest absolute Gasteiger partial charge is 0.547 e. The van der Waals surface area contributed by atoms with Crippen molar-refractivity contribution in [3.8, 4) is 0 Å².